The van der Waals surface area contributed by atoms with Gasteiger partial charge in [-0.25, -0.2) is 9.97 Å². The van der Waals surface area contributed by atoms with E-state index in [-0.39, 0.29) is 17.9 Å². The molecular formula is C19H25N5O. The molecule has 25 heavy (non-hydrogen) atoms. The van der Waals surface area contributed by atoms with Gasteiger partial charge in [-0.05, 0) is 37.8 Å². The Bertz CT molecular complexity index is 731. The van der Waals surface area contributed by atoms with E-state index >= 15 is 0 Å². The molecule has 0 radical (unpaired) electrons. The van der Waals surface area contributed by atoms with Gasteiger partial charge >= 0.3 is 0 Å². The number of hydrogen-bond donors (Lipinski definition) is 1. The van der Waals surface area contributed by atoms with Gasteiger partial charge in [-0.1, -0.05) is 6.07 Å². The van der Waals surface area contributed by atoms with E-state index in [4.69, 9.17) is 0 Å². The van der Waals surface area contributed by atoms with Gasteiger partial charge in [0.1, 0.15) is 11.6 Å². The largest absolute Gasteiger partial charge is 0.357 e. The number of aryl methyl sites for hydroxylation is 2. The number of pyridine rings is 1. The molecule has 1 atom stereocenters. The van der Waals surface area contributed by atoms with Crippen LogP contribution in [-0.2, 0) is 17.8 Å². The van der Waals surface area contributed by atoms with Gasteiger partial charge in [0.15, 0.2) is 0 Å². The first-order chi connectivity index (χ1) is 12.2. The first kappa shape index (κ1) is 16.1. The van der Waals surface area contributed by atoms with E-state index in [2.05, 4.69) is 36.9 Å². The van der Waals surface area contributed by atoms with Crippen LogP contribution in [-0.4, -0.2) is 39.6 Å². The second-order valence-electron chi connectivity index (χ2n) is 7.20. The average molecular weight is 339 g/mol. The number of nitrogens with one attached hydrogen (secondary N) is 1. The predicted octanol–water partition coefficient (Wildman–Crippen LogP) is 1.93. The number of rotatable bonds is 3. The van der Waals surface area contributed by atoms with E-state index in [0.717, 1.165) is 57.0 Å². The third-order valence-electron chi connectivity index (χ3n) is 5.37. The number of nitrogens with zero attached hydrogens (tertiary/aromatic N) is 4. The second kappa shape index (κ2) is 6.86. The van der Waals surface area contributed by atoms with Gasteiger partial charge in [-0.3, -0.25) is 4.79 Å². The fourth-order valence-electron chi connectivity index (χ4n) is 3.82. The zero-order valence-electron chi connectivity index (χ0n) is 14.7. The fraction of sp³-hybridized carbons (Fsp3) is 0.526. The summed E-state index contributed by atoms with van der Waals surface area (Å²) in [5.41, 5.74) is 1.17. The molecule has 1 amide bonds. The number of hydrogen-bond acceptors (Lipinski definition) is 4. The van der Waals surface area contributed by atoms with Crippen molar-refractivity contribution in [1.82, 2.24) is 19.9 Å². The SMILES string of the molecule is Cc1ccc(N2CCC(C(=O)N[C@H]3CCc4nccn4C3)CC2)nc1. The van der Waals surface area contributed by atoms with Crippen molar-refractivity contribution in [3.63, 3.8) is 0 Å². The molecule has 4 rings (SSSR count). The van der Waals surface area contributed by atoms with Crippen molar-refractivity contribution in [2.45, 2.75) is 45.2 Å². The normalized spacial score (nSPS) is 21.0. The zero-order chi connectivity index (χ0) is 17.2. The van der Waals surface area contributed by atoms with Crippen LogP contribution in [0.5, 0.6) is 0 Å². The summed E-state index contributed by atoms with van der Waals surface area (Å²) in [4.78, 5) is 23.8. The van der Waals surface area contributed by atoms with E-state index in [9.17, 15) is 4.79 Å². The van der Waals surface area contributed by atoms with E-state index in [0.29, 0.717) is 0 Å². The van der Waals surface area contributed by atoms with Gasteiger partial charge in [0.2, 0.25) is 5.91 Å². The van der Waals surface area contributed by atoms with Gasteiger partial charge in [0.05, 0.1) is 0 Å². The Morgan fingerprint density at radius 2 is 2.04 bits per heavy atom. The maximum absolute atomic E-state index is 12.6. The highest BCUT2D eigenvalue weighted by molar-refractivity contribution is 5.79. The minimum Gasteiger partial charge on any atom is -0.357 e. The minimum atomic E-state index is 0.117. The molecule has 6 nitrogen and oxygen atoms in total. The predicted molar refractivity (Wildman–Crippen MR) is 96.4 cm³/mol. The molecule has 2 aromatic heterocycles. The lowest BCUT2D eigenvalue weighted by Gasteiger charge is -2.33. The number of imidazole rings is 1. The van der Waals surface area contributed by atoms with Crippen LogP contribution in [0.2, 0.25) is 0 Å². The van der Waals surface area contributed by atoms with Crippen molar-refractivity contribution in [1.29, 1.82) is 0 Å². The fourth-order valence-corrected chi connectivity index (χ4v) is 3.82. The molecule has 132 valence electrons. The Morgan fingerprint density at radius 3 is 2.80 bits per heavy atom. The van der Waals surface area contributed by atoms with Gasteiger partial charge in [0, 0.05) is 56.6 Å². The van der Waals surface area contributed by atoms with Crippen LogP contribution in [0, 0.1) is 12.8 Å². The van der Waals surface area contributed by atoms with Crippen LogP contribution in [0.15, 0.2) is 30.7 Å². The summed E-state index contributed by atoms with van der Waals surface area (Å²) < 4.78 is 2.15. The highest BCUT2D eigenvalue weighted by Crippen LogP contribution is 2.23. The zero-order valence-corrected chi connectivity index (χ0v) is 14.7. The number of carbonyl (C=O) groups is 1. The van der Waals surface area contributed by atoms with Crippen molar-refractivity contribution in [3.8, 4) is 0 Å². The third kappa shape index (κ3) is 3.52. The molecule has 1 fully saturated rings. The molecule has 0 spiro atoms. The van der Waals surface area contributed by atoms with Crippen LogP contribution in [0.3, 0.4) is 0 Å². The number of carbonyl (C=O) groups excluding carboxylic acids is 1. The molecule has 1 N–H and O–H groups in total. The van der Waals surface area contributed by atoms with Crippen molar-refractivity contribution in [2.75, 3.05) is 18.0 Å². The van der Waals surface area contributed by atoms with E-state index in [1.165, 1.54) is 5.56 Å². The Labute approximate surface area is 148 Å². The highest BCUT2D eigenvalue weighted by atomic mass is 16.2. The molecule has 6 heteroatoms. The summed E-state index contributed by atoms with van der Waals surface area (Å²) in [5.74, 6) is 2.48. The van der Waals surface area contributed by atoms with Gasteiger partial charge in [0.25, 0.3) is 0 Å². The van der Waals surface area contributed by atoms with Crippen molar-refractivity contribution >= 4 is 11.7 Å². The highest BCUT2D eigenvalue weighted by Gasteiger charge is 2.28. The molecule has 2 aliphatic rings. The lowest BCUT2D eigenvalue weighted by Crippen LogP contribution is -2.46. The van der Waals surface area contributed by atoms with E-state index in [1.807, 2.05) is 25.5 Å². The summed E-state index contributed by atoms with van der Waals surface area (Å²) in [5, 5.41) is 3.26. The Morgan fingerprint density at radius 1 is 1.20 bits per heavy atom. The van der Waals surface area contributed by atoms with Crippen molar-refractivity contribution in [2.24, 2.45) is 5.92 Å². The molecule has 0 unspecified atom stereocenters. The first-order valence-corrected chi connectivity index (χ1v) is 9.17. The third-order valence-corrected chi connectivity index (χ3v) is 5.37. The van der Waals surface area contributed by atoms with Crippen LogP contribution in [0.25, 0.3) is 0 Å². The maximum Gasteiger partial charge on any atom is 0.223 e. The monoisotopic (exact) mass is 339 g/mol. The molecular weight excluding hydrogens is 314 g/mol. The lowest BCUT2D eigenvalue weighted by molar-refractivity contribution is -0.126. The van der Waals surface area contributed by atoms with Crippen LogP contribution in [0.4, 0.5) is 5.82 Å². The van der Waals surface area contributed by atoms with E-state index < -0.39 is 0 Å². The molecule has 2 aromatic rings. The molecule has 2 aliphatic heterocycles. The smallest absolute Gasteiger partial charge is 0.223 e. The molecule has 1 saturated heterocycles. The van der Waals surface area contributed by atoms with Crippen molar-refractivity contribution < 1.29 is 4.79 Å². The summed E-state index contributed by atoms with van der Waals surface area (Å²) in [6, 6.07) is 4.39. The van der Waals surface area contributed by atoms with Crippen LogP contribution >= 0.6 is 0 Å². The van der Waals surface area contributed by atoms with E-state index in [1.54, 1.807) is 0 Å². The Balaban J connectivity index is 1.29. The minimum absolute atomic E-state index is 0.117. The molecule has 4 heterocycles. The molecule has 0 bridgehead atoms. The molecule has 0 saturated carbocycles. The van der Waals surface area contributed by atoms with Gasteiger partial charge < -0.3 is 14.8 Å². The summed E-state index contributed by atoms with van der Waals surface area (Å²) in [6.45, 7) is 4.67. The molecule has 0 aromatic carbocycles. The lowest BCUT2D eigenvalue weighted by atomic mass is 9.95. The van der Waals surface area contributed by atoms with Crippen LogP contribution in [0.1, 0.15) is 30.7 Å². The number of anilines is 1. The first-order valence-electron chi connectivity index (χ1n) is 9.17. The summed E-state index contributed by atoms with van der Waals surface area (Å²) in [6.07, 6.45) is 9.45. The van der Waals surface area contributed by atoms with Crippen LogP contribution < -0.4 is 10.2 Å². The Hall–Kier alpha value is -2.37. The number of amides is 1. The standard InChI is InChI=1S/C19H25N5O/c1-14-2-4-18(21-12-14)23-9-6-15(7-10-23)19(25)22-16-3-5-17-20-8-11-24(17)13-16/h2,4,8,11-12,15-16H,3,5-7,9-10,13H2,1H3,(H,22,25)/t16-/m0/s1. The number of piperidine rings is 1. The average Bonchev–Trinajstić information content (AvgIpc) is 3.10. The Kier molecular flexibility index (Phi) is 4.42. The van der Waals surface area contributed by atoms with Gasteiger partial charge in [-0.2, -0.15) is 0 Å². The number of fused-ring (bicyclic) bond motifs is 1. The quantitative estimate of drug-likeness (QED) is 0.928. The van der Waals surface area contributed by atoms with Crippen molar-refractivity contribution in [3.05, 3.63) is 42.1 Å². The maximum atomic E-state index is 12.6. The molecule has 0 aliphatic carbocycles. The summed E-state index contributed by atoms with van der Waals surface area (Å²) in [7, 11) is 0. The summed E-state index contributed by atoms with van der Waals surface area (Å²) >= 11 is 0. The second-order valence-corrected chi connectivity index (χ2v) is 7.20. The van der Waals surface area contributed by atoms with Gasteiger partial charge in [-0.15, -0.1) is 0 Å². The number of aromatic nitrogens is 3. The topological polar surface area (TPSA) is 63.1 Å².